The first-order chi connectivity index (χ1) is 15.5. The summed E-state index contributed by atoms with van der Waals surface area (Å²) in [7, 11) is 1.53. The third kappa shape index (κ3) is 4.26. The quantitative estimate of drug-likeness (QED) is 0.613. The first-order valence-corrected chi connectivity index (χ1v) is 11.0. The highest BCUT2D eigenvalue weighted by Crippen LogP contribution is 2.29. The molecule has 2 amide bonds. The molecule has 1 aromatic heterocycles. The second-order valence-corrected chi connectivity index (χ2v) is 8.41. The SMILES string of the molecule is COc1ccccc1C(=O)NC(C(=O)N1CC=C(c2c[nH]c3ccccc23)CC1)C(C)C. The van der Waals surface area contributed by atoms with Crippen LogP contribution in [0.1, 0.15) is 36.2 Å². The van der Waals surface area contributed by atoms with Crippen LogP contribution in [0, 0.1) is 5.92 Å². The number of ether oxygens (including phenoxy) is 1. The molecule has 32 heavy (non-hydrogen) atoms. The molecule has 2 aromatic carbocycles. The maximum absolute atomic E-state index is 13.3. The molecular weight excluding hydrogens is 402 g/mol. The number of para-hydroxylation sites is 2. The summed E-state index contributed by atoms with van der Waals surface area (Å²) >= 11 is 0. The highest BCUT2D eigenvalue weighted by Gasteiger charge is 2.30. The first-order valence-electron chi connectivity index (χ1n) is 11.0. The smallest absolute Gasteiger partial charge is 0.255 e. The fourth-order valence-corrected chi connectivity index (χ4v) is 4.21. The van der Waals surface area contributed by atoms with Crippen LogP contribution in [-0.2, 0) is 4.79 Å². The van der Waals surface area contributed by atoms with Gasteiger partial charge in [0, 0.05) is 35.8 Å². The molecule has 0 saturated heterocycles. The van der Waals surface area contributed by atoms with Gasteiger partial charge in [-0.25, -0.2) is 0 Å². The van der Waals surface area contributed by atoms with Gasteiger partial charge >= 0.3 is 0 Å². The van der Waals surface area contributed by atoms with E-state index in [0.717, 1.165) is 11.9 Å². The van der Waals surface area contributed by atoms with Crippen LogP contribution in [-0.4, -0.2) is 47.9 Å². The summed E-state index contributed by atoms with van der Waals surface area (Å²) in [6, 6.07) is 14.7. The Morgan fingerprint density at radius 1 is 1.09 bits per heavy atom. The molecule has 0 radical (unpaired) electrons. The first kappa shape index (κ1) is 21.7. The summed E-state index contributed by atoms with van der Waals surface area (Å²) < 4.78 is 5.30. The van der Waals surface area contributed by atoms with Gasteiger partial charge in [0.2, 0.25) is 5.91 Å². The number of carbonyl (C=O) groups is 2. The summed E-state index contributed by atoms with van der Waals surface area (Å²) in [5.41, 5.74) is 3.97. The lowest BCUT2D eigenvalue weighted by Gasteiger charge is -2.32. The van der Waals surface area contributed by atoms with E-state index >= 15 is 0 Å². The van der Waals surface area contributed by atoms with Crippen molar-refractivity contribution in [1.29, 1.82) is 0 Å². The Bertz CT molecular complexity index is 1160. The zero-order valence-electron chi connectivity index (χ0n) is 18.7. The Balaban J connectivity index is 1.48. The number of aromatic nitrogens is 1. The summed E-state index contributed by atoms with van der Waals surface area (Å²) in [5.74, 6) is 0.0865. The predicted octanol–water partition coefficient (Wildman–Crippen LogP) is 4.25. The fourth-order valence-electron chi connectivity index (χ4n) is 4.21. The lowest BCUT2D eigenvalue weighted by atomic mass is 9.97. The molecule has 1 atom stereocenters. The van der Waals surface area contributed by atoms with Gasteiger partial charge in [0.05, 0.1) is 12.7 Å². The lowest BCUT2D eigenvalue weighted by molar-refractivity contribution is -0.133. The summed E-state index contributed by atoms with van der Waals surface area (Å²) in [4.78, 5) is 31.3. The molecule has 166 valence electrons. The van der Waals surface area contributed by atoms with Gasteiger partial charge in [-0.2, -0.15) is 0 Å². The van der Waals surface area contributed by atoms with Gasteiger partial charge < -0.3 is 19.9 Å². The number of methoxy groups -OCH3 is 1. The van der Waals surface area contributed by atoms with Crippen LogP contribution in [0.5, 0.6) is 5.75 Å². The molecule has 0 fully saturated rings. The Hall–Kier alpha value is -3.54. The van der Waals surface area contributed by atoms with Gasteiger partial charge in [-0.05, 0) is 36.1 Å². The topological polar surface area (TPSA) is 74.4 Å². The largest absolute Gasteiger partial charge is 0.496 e. The Morgan fingerprint density at radius 2 is 1.84 bits per heavy atom. The van der Waals surface area contributed by atoms with Crippen LogP contribution >= 0.6 is 0 Å². The predicted molar refractivity (Wildman–Crippen MR) is 127 cm³/mol. The van der Waals surface area contributed by atoms with Crippen molar-refractivity contribution in [3.05, 3.63) is 71.9 Å². The molecule has 1 aliphatic heterocycles. The van der Waals surface area contributed by atoms with Gasteiger partial charge in [-0.15, -0.1) is 0 Å². The molecule has 0 spiro atoms. The van der Waals surface area contributed by atoms with E-state index in [1.807, 2.05) is 43.1 Å². The summed E-state index contributed by atoms with van der Waals surface area (Å²) in [6.45, 7) is 5.05. The number of hydrogen-bond donors (Lipinski definition) is 2. The van der Waals surface area contributed by atoms with Gasteiger partial charge in [0.25, 0.3) is 5.91 Å². The fraction of sp³-hybridized carbons (Fsp3) is 0.308. The Kier molecular flexibility index (Phi) is 6.30. The van der Waals surface area contributed by atoms with Crippen LogP contribution in [0.4, 0.5) is 0 Å². The van der Waals surface area contributed by atoms with Crippen molar-refractivity contribution in [1.82, 2.24) is 15.2 Å². The maximum Gasteiger partial charge on any atom is 0.255 e. The van der Waals surface area contributed by atoms with E-state index in [9.17, 15) is 9.59 Å². The number of amides is 2. The van der Waals surface area contributed by atoms with Crippen LogP contribution in [0.3, 0.4) is 0 Å². The van der Waals surface area contributed by atoms with Crippen molar-refractivity contribution in [2.24, 2.45) is 5.92 Å². The molecule has 2 N–H and O–H groups in total. The summed E-state index contributed by atoms with van der Waals surface area (Å²) in [5, 5.41) is 4.13. The molecule has 0 saturated carbocycles. The zero-order chi connectivity index (χ0) is 22.7. The molecule has 2 heterocycles. The van der Waals surface area contributed by atoms with E-state index in [1.54, 1.807) is 18.2 Å². The van der Waals surface area contributed by atoms with E-state index in [-0.39, 0.29) is 17.7 Å². The average molecular weight is 432 g/mol. The molecule has 1 unspecified atom stereocenters. The van der Waals surface area contributed by atoms with Crippen molar-refractivity contribution < 1.29 is 14.3 Å². The lowest BCUT2D eigenvalue weighted by Crippen LogP contribution is -2.52. The van der Waals surface area contributed by atoms with Crippen molar-refractivity contribution in [3.63, 3.8) is 0 Å². The number of hydrogen-bond acceptors (Lipinski definition) is 3. The van der Waals surface area contributed by atoms with Crippen LogP contribution in [0.25, 0.3) is 16.5 Å². The molecule has 0 bridgehead atoms. The number of rotatable bonds is 6. The van der Waals surface area contributed by atoms with Crippen LogP contribution in [0.2, 0.25) is 0 Å². The average Bonchev–Trinajstić information content (AvgIpc) is 3.26. The maximum atomic E-state index is 13.3. The second-order valence-electron chi connectivity index (χ2n) is 8.41. The monoisotopic (exact) mass is 431 g/mol. The molecule has 6 heteroatoms. The van der Waals surface area contributed by atoms with E-state index in [2.05, 4.69) is 28.5 Å². The number of H-pyrrole nitrogens is 1. The van der Waals surface area contributed by atoms with Gasteiger partial charge in [-0.1, -0.05) is 50.3 Å². The van der Waals surface area contributed by atoms with E-state index in [0.29, 0.717) is 24.4 Å². The number of fused-ring (bicyclic) bond motifs is 1. The number of nitrogens with one attached hydrogen (secondary N) is 2. The molecular formula is C26H29N3O3. The Labute approximate surface area is 188 Å². The number of aromatic amines is 1. The molecule has 6 nitrogen and oxygen atoms in total. The van der Waals surface area contributed by atoms with Crippen LogP contribution < -0.4 is 10.1 Å². The minimum absolute atomic E-state index is 0.0415. The van der Waals surface area contributed by atoms with E-state index in [4.69, 9.17) is 4.74 Å². The van der Waals surface area contributed by atoms with Gasteiger partial charge in [-0.3, -0.25) is 9.59 Å². The number of nitrogens with zero attached hydrogens (tertiary/aromatic N) is 1. The second kappa shape index (κ2) is 9.30. The van der Waals surface area contributed by atoms with Gasteiger partial charge in [0.1, 0.15) is 11.8 Å². The van der Waals surface area contributed by atoms with Crippen molar-refractivity contribution in [2.75, 3.05) is 20.2 Å². The van der Waals surface area contributed by atoms with E-state index < -0.39 is 6.04 Å². The molecule has 3 aromatic rings. The Morgan fingerprint density at radius 3 is 2.56 bits per heavy atom. The van der Waals surface area contributed by atoms with Crippen molar-refractivity contribution >= 4 is 28.3 Å². The molecule has 4 rings (SSSR count). The molecule has 0 aliphatic carbocycles. The van der Waals surface area contributed by atoms with Crippen molar-refractivity contribution in [3.8, 4) is 5.75 Å². The molecule has 1 aliphatic rings. The number of benzene rings is 2. The third-order valence-electron chi connectivity index (χ3n) is 6.03. The van der Waals surface area contributed by atoms with Crippen molar-refractivity contribution in [2.45, 2.75) is 26.3 Å². The minimum atomic E-state index is -0.601. The normalized spacial score (nSPS) is 14.9. The number of carbonyl (C=O) groups excluding carboxylic acids is 2. The van der Waals surface area contributed by atoms with E-state index in [1.165, 1.54) is 23.6 Å². The highest BCUT2D eigenvalue weighted by atomic mass is 16.5. The van der Waals surface area contributed by atoms with Crippen LogP contribution in [0.15, 0.2) is 60.8 Å². The third-order valence-corrected chi connectivity index (χ3v) is 6.03. The summed E-state index contributed by atoms with van der Waals surface area (Å²) in [6.07, 6.45) is 4.94. The minimum Gasteiger partial charge on any atom is -0.496 e. The standard InChI is InChI=1S/C26H29N3O3/c1-17(2)24(28-25(30)20-9-5-7-11-23(20)32-3)26(31)29-14-12-18(13-15-29)21-16-27-22-10-6-4-8-19(21)22/h4-12,16-17,24,27H,13-15H2,1-3H3,(H,28,30). The highest BCUT2D eigenvalue weighted by molar-refractivity contribution is 6.00. The van der Waals surface area contributed by atoms with Gasteiger partial charge in [0.15, 0.2) is 0 Å². The zero-order valence-corrected chi connectivity index (χ0v) is 18.7.